The summed E-state index contributed by atoms with van der Waals surface area (Å²) >= 11 is 0. The number of hydrogen-bond donors (Lipinski definition) is 1. The molecule has 1 heterocycles. The zero-order chi connectivity index (χ0) is 21.5. The van der Waals surface area contributed by atoms with Crippen molar-refractivity contribution in [2.45, 2.75) is 12.8 Å². The van der Waals surface area contributed by atoms with Crippen LogP contribution in [0.4, 0.5) is 17.6 Å². The molecule has 0 amide bonds. The summed E-state index contributed by atoms with van der Waals surface area (Å²) in [7, 11) is 1.33. The van der Waals surface area contributed by atoms with Crippen molar-refractivity contribution < 1.29 is 27.0 Å². The van der Waals surface area contributed by atoms with Gasteiger partial charge in [0.05, 0.1) is 23.7 Å². The highest BCUT2D eigenvalue weighted by atomic mass is 19.4. The fourth-order valence-electron chi connectivity index (χ4n) is 3.16. The number of ether oxygens (including phenoxy) is 2. The average Bonchev–Trinajstić information content (AvgIpc) is 2.72. The SMILES string of the molecule is COc1cc2[nH]c3cc(OCc4ccc(C(F)(F)F)cc4)ccc3c(=O)c2cc1F. The summed E-state index contributed by atoms with van der Waals surface area (Å²) in [5.74, 6) is -0.204. The molecule has 4 nitrogen and oxygen atoms in total. The summed E-state index contributed by atoms with van der Waals surface area (Å²) in [6.07, 6.45) is -4.39. The normalized spacial score (nSPS) is 11.8. The van der Waals surface area contributed by atoms with Crippen LogP contribution in [-0.2, 0) is 12.8 Å². The third-order valence-electron chi connectivity index (χ3n) is 4.73. The second-order valence-electron chi connectivity index (χ2n) is 6.68. The number of pyridine rings is 1. The first-order chi connectivity index (χ1) is 14.3. The van der Waals surface area contributed by atoms with E-state index in [4.69, 9.17) is 9.47 Å². The fourth-order valence-corrected chi connectivity index (χ4v) is 3.16. The third kappa shape index (κ3) is 3.68. The maximum absolute atomic E-state index is 14.0. The van der Waals surface area contributed by atoms with Crippen molar-refractivity contribution in [2.24, 2.45) is 0 Å². The highest BCUT2D eigenvalue weighted by molar-refractivity contribution is 5.93. The van der Waals surface area contributed by atoms with Crippen LogP contribution in [0.25, 0.3) is 21.8 Å². The first kappa shape index (κ1) is 19.8. The Morgan fingerprint density at radius 3 is 2.30 bits per heavy atom. The number of alkyl halides is 3. The van der Waals surface area contributed by atoms with Crippen LogP contribution in [0.1, 0.15) is 11.1 Å². The number of H-pyrrole nitrogens is 1. The molecule has 4 aromatic rings. The predicted octanol–water partition coefficient (Wildman–Crippen LogP) is 5.43. The van der Waals surface area contributed by atoms with Gasteiger partial charge in [0.2, 0.25) is 0 Å². The molecule has 1 N–H and O–H groups in total. The Hall–Kier alpha value is -3.55. The van der Waals surface area contributed by atoms with Gasteiger partial charge in [-0.15, -0.1) is 0 Å². The Morgan fingerprint density at radius 1 is 0.933 bits per heavy atom. The molecule has 154 valence electrons. The number of nitrogens with one attached hydrogen (secondary N) is 1. The van der Waals surface area contributed by atoms with Crippen LogP contribution in [0.2, 0.25) is 0 Å². The minimum absolute atomic E-state index is 0.00667. The lowest BCUT2D eigenvalue weighted by molar-refractivity contribution is -0.137. The largest absolute Gasteiger partial charge is 0.494 e. The van der Waals surface area contributed by atoms with E-state index in [0.717, 1.165) is 18.2 Å². The Kier molecular flexibility index (Phi) is 4.85. The van der Waals surface area contributed by atoms with Crippen LogP contribution in [0.5, 0.6) is 11.5 Å². The molecule has 0 unspecified atom stereocenters. The molecule has 30 heavy (non-hydrogen) atoms. The number of halogens is 4. The van der Waals surface area contributed by atoms with Crippen molar-refractivity contribution in [2.75, 3.05) is 7.11 Å². The highest BCUT2D eigenvalue weighted by Gasteiger charge is 2.29. The lowest BCUT2D eigenvalue weighted by Gasteiger charge is -2.10. The fraction of sp³-hybridized carbons (Fsp3) is 0.136. The highest BCUT2D eigenvalue weighted by Crippen LogP contribution is 2.29. The molecular formula is C22H15F4NO3. The molecule has 0 fully saturated rings. The summed E-state index contributed by atoms with van der Waals surface area (Å²) in [4.78, 5) is 15.7. The number of benzene rings is 3. The lowest BCUT2D eigenvalue weighted by atomic mass is 10.1. The number of rotatable bonds is 4. The quantitative estimate of drug-likeness (QED) is 0.356. The summed E-state index contributed by atoms with van der Waals surface area (Å²) in [5, 5.41) is 0.549. The Bertz CT molecular complexity index is 1290. The van der Waals surface area contributed by atoms with E-state index in [0.29, 0.717) is 27.7 Å². The van der Waals surface area contributed by atoms with Crippen LogP contribution >= 0.6 is 0 Å². The Morgan fingerprint density at radius 2 is 1.63 bits per heavy atom. The van der Waals surface area contributed by atoms with Gasteiger partial charge in [0, 0.05) is 22.9 Å². The molecule has 0 atom stereocenters. The molecule has 8 heteroatoms. The lowest BCUT2D eigenvalue weighted by Crippen LogP contribution is -2.06. The second-order valence-corrected chi connectivity index (χ2v) is 6.68. The summed E-state index contributed by atoms with van der Waals surface area (Å²) in [5.41, 5.74) is 0.384. The van der Waals surface area contributed by atoms with E-state index in [1.807, 2.05) is 0 Å². The van der Waals surface area contributed by atoms with Crippen LogP contribution in [0.15, 0.2) is 59.4 Å². The zero-order valence-corrected chi connectivity index (χ0v) is 15.6. The summed E-state index contributed by atoms with van der Waals surface area (Å²) in [6.45, 7) is 0.0560. The molecule has 0 aliphatic carbocycles. The number of hydrogen-bond acceptors (Lipinski definition) is 3. The molecule has 0 aliphatic heterocycles. The molecular weight excluding hydrogens is 402 g/mol. The maximum atomic E-state index is 14.0. The smallest absolute Gasteiger partial charge is 0.416 e. The minimum Gasteiger partial charge on any atom is -0.494 e. The number of methoxy groups -OCH3 is 1. The summed E-state index contributed by atoms with van der Waals surface area (Å²) < 4.78 is 62.5. The van der Waals surface area contributed by atoms with Crippen LogP contribution in [0, 0.1) is 5.82 Å². The van der Waals surface area contributed by atoms with Crippen molar-refractivity contribution in [1.29, 1.82) is 0 Å². The van der Waals surface area contributed by atoms with Gasteiger partial charge >= 0.3 is 6.18 Å². The molecule has 4 rings (SSSR count). The van der Waals surface area contributed by atoms with E-state index < -0.39 is 17.6 Å². The second kappa shape index (κ2) is 7.37. The van der Waals surface area contributed by atoms with Crippen molar-refractivity contribution in [3.63, 3.8) is 0 Å². The molecule has 3 aromatic carbocycles. The van der Waals surface area contributed by atoms with E-state index >= 15 is 0 Å². The zero-order valence-electron chi connectivity index (χ0n) is 15.6. The van der Waals surface area contributed by atoms with E-state index in [9.17, 15) is 22.4 Å². The van der Waals surface area contributed by atoms with Gasteiger partial charge in [0.15, 0.2) is 17.0 Å². The molecule has 0 saturated heterocycles. The molecule has 0 aliphatic rings. The van der Waals surface area contributed by atoms with Crippen molar-refractivity contribution in [3.8, 4) is 11.5 Å². The minimum atomic E-state index is -4.39. The van der Waals surface area contributed by atoms with Crippen LogP contribution in [0.3, 0.4) is 0 Å². The summed E-state index contributed by atoms with van der Waals surface area (Å²) in [6, 6.07) is 12.0. The van der Waals surface area contributed by atoms with Gasteiger partial charge in [-0.25, -0.2) is 4.39 Å². The monoisotopic (exact) mass is 417 g/mol. The first-order valence-electron chi connectivity index (χ1n) is 8.88. The van der Waals surface area contributed by atoms with Gasteiger partial charge in [0.1, 0.15) is 12.4 Å². The number of aromatic amines is 1. The van der Waals surface area contributed by atoms with Gasteiger partial charge in [-0.05, 0) is 35.9 Å². The van der Waals surface area contributed by atoms with E-state index in [1.54, 1.807) is 18.2 Å². The van der Waals surface area contributed by atoms with Crippen molar-refractivity contribution in [3.05, 3.63) is 81.8 Å². The van der Waals surface area contributed by atoms with Crippen molar-refractivity contribution in [1.82, 2.24) is 4.98 Å². The van der Waals surface area contributed by atoms with Gasteiger partial charge < -0.3 is 14.5 Å². The van der Waals surface area contributed by atoms with Gasteiger partial charge in [0.25, 0.3) is 0 Å². The van der Waals surface area contributed by atoms with Gasteiger partial charge in [-0.1, -0.05) is 12.1 Å². The van der Waals surface area contributed by atoms with E-state index in [2.05, 4.69) is 4.98 Å². The number of aromatic nitrogens is 1. The molecule has 0 bridgehead atoms. The standard InChI is InChI=1S/C22H15F4NO3/c1-29-20-10-19-16(9-17(20)23)21(28)15-7-6-14(8-18(15)27-19)30-11-12-2-4-13(5-3-12)22(24,25)26/h2-10H,11H2,1H3,(H,27,28). The maximum Gasteiger partial charge on any atom is 0.416 e. The molecule has 1 aromatic heterocycles. The van der Waals surface area contributed by atoms with E-state index in [1.165, 1.54) is 25.3 Å². The third-order valence-corrected chi connectivity index (χ3v) is 4.73. The topological polar surface area (TPSA) is 51.3 Å². The van der Waals surface area contributed by atoms with Crippen molar-refractivity contribution >= 4 is 21.8 Å². The Balaban J connectivity index is 1.63. The van der Waals surface area contributed by atoms with Gasteiger partial charge in [-0.3, -0.25) is 4.79 Å². The molecule has 0 saturated carbocycles. The van der Waals surface area contributed by atoms with Gasteiger partial charge in [-0.2, -0.15) is 13.2 Å². The van der Waals surface area contributed by atoms with E-state index in [-0.39, 0.29) is 23.2 Å². The number of fused-ring (bicyclic) bond motifs is 2. The first-order valence-corrected chi connectivity index (χ1v) is 8.88. The Labute approximate surface area is 167 Å². The van der Waals surface area contributed by atoms with Crippen LogP contribution in [-0.4, -0.2) is 12.1 Å². The average molecular weight is 417 g/mol. The molecule has 0 spiro atoms. The van der Waals surface area contributed by atoms with Crippen LogP contribution < -0.4 is 14.9 Å². The molecule has 0 radical (unpaired) electrons. The predicted molar refractivity (Wildman–Crippen MR) is 104 cm³/mol.